The third kappa shape index (κ3) is 2.50. The monoisotopic (exact) mass is 256 g/mol. The molecule has 1 heterocycles. The van der Waals surface area contributed by atoms with Gasteiger partial charge in [0.1, 0.15) is 23.2 Å². The number of nitrogens with one attached hydrogen (secondary N) is 2. The first kappa shape index (κ1) is 12.5. The fourth-order valence-electron chi connectivity index (χ4n) is 1.65. The first-order valence-corrected chi connectivity index (χ1v) is 5.48. The van der Waals surface area contributed by atoms with Gasteiger partial charge < -0.3 is 20.8 Å². The highest BCUT2D eigenvalue weighted by atomic mass is 16.5. The Kier molecular flexibility index (Phi) is 3.39. The minimum atomic E-state index is -0.391. The minimum Gasteiger partial charge on any atom is -0.495 e. The van der Waals surface area contributed by atoms with Gasteiger partial charge >= 0.3 is 0 Å². The predicted molar refractivity (Wildman–Crippen MR) is 70.9 cm³/mol. The third-order valence-corrected chi connectivity index (χ3v) is 2.56. The number of methoxy groups -OCH3 is 1. The van der Waals surface area contributed by atoms with E-state index in [0.717, 1.165) is 0 Å². The number of hydrogen-bond donors (Lipinski definition) is 3. The highest BCUT2D eigenvalue weighted by Crippen LogP contribution is 2.28. The number of para-hydroxylation sites is 1. The van der Waals surface area contributed by atoms with Crippen LogP contribution >= 0.6 is 0 Å². The lowest BCUT2D eigenvalue weighted by molar-refractivity contribution is 0.102. The standard InChI is InChI=1S/C13H12N4O2/c1-19-11-4-2-3-8(6-14)12(11)17-13(18)10-5-9(15)7-16-10/h2-5,7,16H,15H2,1H3,(H,17,18). The Morgan fingerprint density at radius 3 is 2.89 bits per heavy atom. The lowest BCUT2D eigenvalue weighted by Gasteiger charge is -2.10. The van der Waals surface area contributed by atoms with Gasteiger partial charge in [0.25, 0.3) is 5.91 Å². The molecule has 0 fully saturated rings. The van der Waals surface area contributed by atoms with Gasteiger partial charge in [-0.25, -0.2) is 0 Å². The molecule has 4 N–H and O–H groups in total. The maximum absolute atomic E-state index is 12.0. The van der Waals surface area contributed by atoms with E-state index in [9.17, 15) is 4.79 Å². The van der Waals surface area contributed by atoms with Crippen LogP contribution in [0.1, 0.15) is 16.1 Å². The zero-order chi connectivity index (χ0) is 13.8. The zero-order valence-electron chi connectivity index (χ0n) is 10.2. The van der Waals surface area contributed by atoms with Crippen LogP contribution in [0.5, 0.6) is 5.75 Å². The number of H-pyrrole nitrogens is 1. The molecule has 1 aromatic heterocycles. The molecule has 0 unspecified atom stereocenters. The summed E-state index contributed by atoms with van der Waals surface area (Å²) in [6.45, 7) is 0. The highest BCUT2D eigenvalue weighted by Gasteiger charge is 2.14. The number of anilines is 2. The average molecular weight is 256 g/mol. The van der Waals surface area contributed by atoms with Crippen LogP contribution in [0.25, 0.3) is 0 Å². The molecule has 0 saturated heterocycles. The lowest BCUT2D eigenvalue weighted by Crippen LogP contribution is -2.14. The van der Waals surface area contributed by atoms with E-state index in [-0.39, 0.29) is 0 Å². The Morgan fingerprint density at radius 2 is 2.32 bits per heavy atom. The van der Waals surface area contributed by atoms with Crippen molar-refractivity contribution in [3.8, 4) is 11.8 Å². The molecule has 0 aliphatic heterocycles. The SMILES string of the molecule is COc1cccc(C#N)c1NC(=O)c1cc(N)c[nH]1. The van der Waals surface area contributed by atoms with Crippen molar-refractivity contribution in [1.29, 1.82) is 5.26 Å². The van der Waals surface area contributed by atoms with E-state index in [4.69, 9.17) is 15.7 Å². The molecule has 6 heteroatoms. The predicted octanol–water partition coefficient (Wildman–Crippen LogP) is 1.73. The van der Waals surface area contributed by atoms with Crippen molar-refractivity contribution in [3.63, 3.8) is 0 Å². The summed E-state index contributed by atoms with van der Waals surface area (Å²) in [5, 5.41) is 11.7. The maximum atomic E-state index is 12.0. The van der Waals surface area contributed by atoms with Gasteiger partial charge in [-0.2, -0.15) is 5.26 Å². The number of aromatic amines is 1. The number of benzene rings is 1. The molecule has 2 rings (SSSR count). The fourth-order valence-corrected chi connectivity index (χ4v) is 1.65. The number of rotatable bonds is 3. The fraction of sp³-hybridized carbons (Fsp3) is 0.0769. The van der Waals surface area contributed by atoms with Gasteiger partial charge in [0.2, 0.25) is 0 Å². The molecule has 2 aromatic rings. The summed E-state index contributed by atoms with van der Waals surface area (Å²) in [6.07, 6.45) is 1.52. The van der Waals surface area contributed by atoms with Crippen molar-refractivity contribution in [2.75, 3.05) is 18.2 Å². The van der Waals surface area contributed by atoms with Gasteiger partial charge in [0.05, 0.1) is 12.7 Å². The van der Waals surface area contributed by atoms with E-state index in [1.807, 2.05) is 6.07 Å². The highest BCUT2D eigenvalue weighted by molar-refractivity contribution is 6.05. The van der Waals surface area contributed by atoms with Crippen LogP contribution in [0.4, 0.5) is 11.4 Å². The van der Waals surface area contributed by atoms with Crippen LogP contribution in [0, 0.1) is 11.3 Å². The number of aromatic nitrogens is 1. The van der Waals surface area contributed by atoms with Crippen molar-refractivity contribution in [2.45, 2.75) is 0 Å². The summed E-state index contributed by atoms with van der Waals surface area (Å²) in [6, 6.07) is 8.46. The van der Waals surface area contributed by atoms with Gasteiger partial charge in [-0.3, -0.25) is 4.79 Å². The Labute approximate surface area is 109 Å². The van der Waals surface area contributed by atoms with Crippen molar-refractivity contribution in [2.24, 2.45) is 0 Å². The van der Waals surface area contributed by atoms with Crippen LogP contribution < -0.4 is 15.8 Å². The second kappa shape index (κ2) is 5.14. The summed E-state index contributed by atoms with van der Waals surface area (Å²) in [5.41, 5.74) is 6.97. The largest absolute Gasteiger partial charge is 0.495 e. The molecule has 0 aliphatic rings. The van der Waals surface area contributed by atoms with E-state index < -0.39 is 5.91 Å². The van der Waals surface area contributed by atoms with Crippen LogP contribution in [0.2, 0.25) is 0 Å². The van der Waals surface area contributed by atoms with Gasteiger partial charge in [-0.15, -0.1) is 0 Å². The number of nitriles is 1. The second-order valence-corrected chi connectivity index (χ2v) is 3.80. The summed E-state index contributed by atoms with van der Waals surface area (Å²) in [5.74, 6) is 0.0321. The molecule has 0 aliphatic carbocycles. The summed E-state index contributed by atoms with van der Waals surface area (Å²) in [7, 11) is 1.47. The number of ether oxygens (including phenoxy) is 1. The molecule has 1 amide bonds. The number of carbonyl (C=O) groups is 1. The zero-order valence-corrected chi connectivity index (χ0v) is 10.2. The van der Waals surface area contributed by atoms with E-state index in [2.05, 4.69) is 10.3 Å². The normalized spacial score (nSPS) is 9.68. The molecule has 0 atom stereocenters. The van der Waals surface area contributed by atoms with Crippen LogP contribution in [-0.2, 0) is 0 Å². The topological polar surface area (TPSA) is 104 Å². The number of carbonyl (C=O) groups excluding carboxylic acids is 1. The Balaban J connectivity index is 2.33. The van der Waals surface area contributed by atoms with Crippen LogP contribution in [0.15, 0.2) is 30.5 Å². The van der Waals surface area contributed by atoms with Crippen molar-refractivity contribution >= 4 is 17.3 Å². The molecule has 0 saturated carbocycles. The molecule has 0 spiro atoms. The quantitative estimate of drug-likeness (QED) is 0.777. The molecular formula is C13H12N4O2. The number of nitrogen functional groups attached to an aromatic ring is 1. The lowest BCUT2D eigenvalue weighted by atomic mass is 10.1. The van der Waals surface area contributed by atoms with Crippen LogP contribution in [0.3, 0.4) is 0 Å². The molecular weight excluding hydrogens is 244 g/mol. The van der Waals surface area contributed by atoms with Crippen LogP contribution in [-0.4, -0.2) is 18.0 Å². The molecule has 1 aromatic carbocycles. The number of nitrogens with zero attached hydrogens (tertiary/aromatic N) is 1. The number of hydrogen-bond acceptors (Lipinski definition) is 4. The van der Waals surface area contributed by atoms with Crippen molar-refractivity contribution in [3.05, 3.63) is 41.7 Å². The minimum absolute atomic E-state index is 0.312. The second-order valence-electron chi connectivity index (χ2n) is 3.80. The van der Waals surface area contributed by atoms with Gasteiger partial charge in [0.15, 0.2) is 0 Å². The average Bonchev–Trinajstić information content (AvgIpc) is 2.85. The van der Waals surface area contributed by atoms with Gasteiger partial charge in [0, 0.05) is 11.9 Å². The van der Waals surface area contributed by atoms with E-state index in [1.54, 1.807) is 18.2 Å². The summed E-state index contributed by atoms with van der Waals surface area (Å²) < 4.78 is 5.13. The first-order chi connectivity index (χ1) is 9.15. The Bertz CT molecular complexity index is 655. The molecule has 19 heavy (non-hydrogen) atoms. The van der Waals surface area contributed by atoms with E-state index in [1.165, 1.54) is 19.4 Å². The summed E-state index contributed by atoms with van der Waals surface area (Å²) in [4.78, 5) is 14.7. The third-order valence-electron chi connectivity index (χ3n) is 2.56. The molecule has 96 valence electrons. The molecule has 6 nitrogen and oxygen atoms in total. The Hall–Kier alpha value is -2.94. The Morgan fingerprint density at radius 1 is 1.53 bits per heavy atom. The first-order valence-electron chi connectivity index (χ1n) is 5.48. The molecule has 0 bridgehead atoms. The molecule has 0 radical (unpaired) electrons. The van der Waals surface area contributed by atoms with Gasteiger partial charge in [-0.05, 0) is 18.2 Å². The van der Waals surface area contributed by atoms with E-state index in [0.29, 0.717) is 28.4 Å². The number of amides is 1. The van der Waals surface area contributed by atoms with Gasteiger partial charge in [-0.1, -0.05) is 6.07 Å². The van der Waals surface area contributed by atoms with E-state index >= 15 is 0 Å². The number of nitrogens with two attached hydrogens (primary N) is 1. The van der Waals surface area contributed by atoms with Crippen molar-refractivity contribution < 1.29 is 9.53 Å². The smallest absolute Gasteiger partial charge is 0.272 e. The summed E-state index contributed by atoms with van der Waals surface area (Å²) >= 11 is 0. The maximum Gasteiger partial charge on any atom is 0.272 e. The van der Waals surface area contributed by atoms with Crippen molar-refractivity contribution in [1.82, 2.24) is 4.98 Å².